The zero-order valence-electron chi connectivity index (χ0n) is 16.9. The van der Waals surface area contributed by atoms with Crippen LogP contribution in [0, 0.1) is 6.92 Å². The van der Waals surface area contributed by atoms with E-state index in [9.17, 15) is 18.0 Å². The summed E-state index contributed by atoms with van der Waals surface area (Å²) in [5.74, 6) is 0.117. The number of ether oxygens (including phenoxy) is 2. The first-order valence-corrected chi connectivity index (χ1v) is 9.83. The molecule has 1 heterocycles. The molecule has 0 saturated carbocycles. The third-order valence-electron chi connectivity index (χ3n) is 3.32. The first-order valence-electron chi connectivity index (χ1n) is 9.01. The maximum Gasteiger partial charge on any atom is 0.411 e. The number of aliphatic imine (C=N–C) groups is 1. The zero-order chi connectivity index (χ0) is 21.2. The summed E-state index contributed by atoms with van der Waals surface area (Å²) in [6, 6.07) is -0.217. The van der Waals surface area contributed by atoms with E-state index in [1.165, 1.54) is 11.3 Å². The van der Waals surface area contributed by atoms with Crippen molar-refractivity contribution in [1.29, 1.82) is 0 Å². The van der Waals surface area contributed by atoms with Crippen molar-refractivity contribution in [3.05, 3.63) is 15.6 Å². The molecule has 1 aromatic rings. The SMILES string of the molecule is CCNC(=NCCCOCC(F)(F)F)NC(C)c1nc(C)c(C(=O)OCC)s1.I. The van der Waals surface area contributed by atoms with Gasteiger partial charge in [0.1, 0.15) is 16.5 Å². The summed E-state index contributed by atoms with van der Waals surface area (Å²) in [5, 5.41) is 6.95. The van der Waals surface area contributed by atoms with Crippen molar-refractivity contribution in [3.8, 4) is 0 Å². The molecule has 0 spiro atoms. The molecule has 0 saturated heterocycles. The number of hydrogen-bond donors (Lipinski definition) is 2. The van der Waals surface area contributed by atoms with E-state index in [0.29, 0.717) is 47.7 Å². The molecule has 12 heteroatoms. The molecular formula is C17H28F3IN4O3S. The number of nitrogens with one attached hydrogen (secondary N) is 2. The minimum atomic E-state index is -4.32. The first kappa shape index (κ1) is 27.8. The van der Waals surface area contributed by atoms with Crippen molar-refractivity contribution >= 4 is 47.2 Å². The lowest BCUT2D eigenvalue weighted by atomic mass is 10.3. The van der Waals surface area contributed by atoms with Crippen LogP contribution in [-0.4, -0.2) is 56.0 Å². The van der Waals surface area contributed by atoms with Gasteiger partial charge in [-0.3, -0.25) is 4.99 Å². The maximum atomic E-state index is 12.0. The van der Waals surface area contributed by atoms with Crippen LogP contribution in [-0.2, 0) is 9.47 Å². The average molecular weight is 552 g/mol. The molecule has 1 unspecified atom stereocenters. The van der Waals surface area contributed by atoms with Crippen molar-refractivity contribution in [2.75, 3.05) is 32.9 Å². The molecule has 1 atom stereocenters. The van der Waals surface area contributed by atoms with E-state index in [0.717, 1.165) is 0 Å². The Kier molecular flexibility index (Phi) is 13.4. The highest BCUT2D eigenvalue weighted by Crippen LogP contribution is 2.24. The van der Waals surface area contributed by atoms with Crippen LogP contribution in [0.5, 0.6) is 0 Å². The Morgan fingerprint density at radius 1 is 1.34 bits per heavy atom. The van der Waals surface area contributed by atoms with Gasteiger partial charge in [-0.15, -0.1) is 35.3 Å². The van der Waals surface area contributed by atoms with Gasteiger partial charge in [0.05, 0.1) is 18.3 Å². The number of halogens is 4. The van der Waals surface area contributed by atoms with Gasteiger partial charge in [0.15, 0.2) is 5.96 Å². The Hall–Kier alpha value is -1.15. The Morgan fingerprint density at radius 2 is 2.03 bits per heavy atom. The van der Waals surface area contributed by atoms with Crippen LogP contribution < -0.4 is 10.6 Å². The Labute approximate surface area is 189 Å². The van der Waals surface area contributed by atoms with Crippen LogP contribution in [0.2, 0.25) is 0 Å². The third kappa shape index (κ3) is 11.0. The molecule has 0 aliphatic carbocycles. The molecule has 0 aliphatic rings. The summed E-state index contributed by atoms with van der Waals surface area (Å²) in [7, 11) is 0. The van der Waals surface area contributed by atoms with Gasteiger partial charge in [-0.2, -0.15) is 13.2 Å². The van der Waals surface area contributed by atoms with Gasteiger partial charge >= 0.3 is 12.1 Å². The molecule has 168 valence electrons. The molecule has 0 radical (unpaired) electrons. The first-order chi connectivity index (χ1) is 13.2. The zero-order valence-corrected chi connectivity index (χ0v) is 20.0. The fourth-order valence-corrected chi connectivity index (χ4v) is 3.08. The molecule has 0 aromatic carbocycles. The van der Waals surface area contributed by atoms with Crippen LogP contribution in [0.3, 0.4) is 0 Å². The highest BCUT2D eigenvalue weighted by atomic mass is 127. The molecule has 0 bridgehead atoms. The summed E-state index contributed by atoms with van der Waals surface area (Å²) >= 11 is 1.26. The van der Waals surface area contributed by atoms with Crippen LogP contribution in [0.1, 0.15) is 53.6 Å². The number of esters is 1. The number of thiazole rings is 1. The summed E-state index contributed by atoms with van der Waals surface area (Å²) in [4.78, 5) is 21.1. The number of nitrogens with zero attached hydrogens (tertiary/aromatic N) is 2. The summed E-state index contributed by atoms with van der Waals surface area (Å²) in [5.41, 5.74) is 0.607. The normalized spacial score (nSPS) is 12.9. The molecule has 1 aromatic heterocycles. The smallest absolute Gasteiger partial charge is 0.411 e. The van der Waals surface area contributed by atoms with Crippen molar-refractivity contribution in [1.82, 2.24) is 15.6 Å². The number of aromatic nitrogens is 1. The quantitative estimate of drug-likeness (QED) is 0.151. The molecule has 0 aliphatic heterocycles. The van der Waals surface area contributed by atoms with E-state index in [2.05, 4.69) is 25.3 Å². The second-order valence-corrected chi connectivity index (χ2v) is 6.87. The van der Waals surface area contributed by atoms with Crippen molar-refractivity contribution in [2.24, 2.45) is 4.99 Å². The maximum absolute atomic E-state index is 12.0. The second kappa shape index (κ2) is 14.0. The molecule has 1 rings (SSSR count). The second-order valence-electron chi connectivity index (χ2n) is 5.84. The number of alkyl halides is 3. The van der Waals surface area contributed by atoms with Gasteiger partial charge in [-0.05, 0) is 34.1 Å². The van der Waals surface area contributed by atoms with Crippen molar-refractivity contribution in [2.45, 2.75) is 46.3 Å². The van der Waals surface area contributed by atoms with Gasteiger partial charge in [0, 0.05) is 19.7 Å². The van der Waals surface area contributed by atoms with Gasteiger partial charge in [0.25, 0.3) is 0 Å². The lowest BCUT2D eigenvalue weighted by Crippen LogP contribution is -2.38. The number of carbonyl (C=O) groups excluding carboxylic acids is 1. The van der Waals surface area contributed by atoms with E-state index in [1.807, 2.05) is 13.8 Å². The standard InChI is InChI=1S/C17H27F3N4O3S.HI/c1-5-21-16(22-8-7-9-26-10-17(18,19)20)24-12(4)14-23-11(3)13(28-14)15(25)27-6-2;/h12H,5-10H2,1-4H3,(H2,21,22,24);1H. The number of carbonyl (C=O) groups is 1. The summed E-state index contributed by atoms with van der Waals surface area (Å²) < 4.78 is 45.6. The van der Waals surface area contributed by atoms with Gasteiger partial charge in [-0.25, -0.2) is 9.78 Å². The fourth-order valence-electron chi connectivity index (χ4n) is 2.12. The number of rotatable bonds is 10. The van der Waals surface area contributed by atoms with Crippen LogP contribution in [0.25, 0.3) is 0 Å². The molecule has 2 N–H and O–H groups in total. The molecular weight excluding hydrogens is 524 g/mol. The number of hydrogen-bond acceptors (Lipinski definition) is 6. The van der Waals surface area contributed by atoms with Gasteiger partial charge in [-0.1, -0.05) is 0 Å². The Morgan fingerprint density at radius 3 is 2.62 bits per heavy atom. The largest absolute Gasteiger partial charge is 0.462 e. The Balaban J connectivity index is 0.00000784. The fraction of sp³-hybridized carbons (Fsp3) is 0.706. The third-order valence-corrected chi connectivity index (χ3v) is 4.64. The lowest BCUT2D eigenvalue weighted by molar-refractivity contribution is -0.173. The van der Waals surface area contributed by atoms with Crippen molar-refractivity contribution in [3.63, 3.8) is 0 Å². The minimum absolute atomic E-state index is 0. The van der Waals surface area contributed by atoms with E-state index in [-0.39, 0.29) is 36.6 Å². The Bertz CT molecular complexity index is 656. The highest BCUT2D eigenvalue weighted by molar-refractivity contribution is 14.0. The van der Waals surface area contributed by atoms with Crippen LogP contribution in [0.15, 0.2) is 4.99 Å². The summed E-state index contributed by atoms with van der Waals surface area (Å²) in [6.07, 6.45) is -3.95. The predicted octanol–water partition coefficient (Wildman–Crippen LogP) is 3.83. The predicted molar refractivity (Wildman–Crippen MR) is 117 cm³/mol. The topological polar surface area (TPSA) is 84.8 Å². The van der Waals surface area contributed by atoms with Crippen LogP contribution >= 0.6 is 35.3 Å². The molecule has 0 amide bonds. The minimum Gasteiger partial charge on any atom is -0.462 e. The highest BCUT2D eigenvalue weighted by Gasteiger charge is 2.27. The summed E-state index contributed by atoms with van der Waals surface area (Å²) in [6.45, 7) is 7.23. The van der Waals surface area contributed by atoms with Gasteiger partial charge in [0.2, 0.25) is 0 Å². The lowest BCUT2D eigenvalue weighted by Gasteiger charge is -2.16. The molecule has 29 heavy (non-hydrogen) atoms. The van der Waals surface area contributed by atoms with E-state index >= 15 is 0 Å². The van der Waals surface area contributed by atoms with E-state index < -0.39 is 18.8 Å². The van der Waals surface area contributed by atoms with E-state index in [1.54, 1.807) is 13.8 Å². The van der Waals surface area contributed by atoms with E-state index in [4.69, 9.17) is 4.74 Å². The molecule has 7 nitrogen and oxygen atoms in total. The average Bonchev–Trinajstić information content (AvgIpc) is 2.99. The monoisotopic (exact) mass is 552 g/mol. The molecule has 0 fully saturated rings. The number of guanidine groups is 1. The van der Waals surface area contributed by atoms with Crippen LogP contribution in [0.4, 0.5) is 13.2 Å². The van der Waals surface area contributed by atoms with Crippen molar-refractivity contribution < 1.29 is 27.4 Å². The number of aryl methyl sites for hydroxylation is 1. The van der Waals surface area contributed by atoms with Gasteiger partial charge < -0.3 is 20.1 Å².